The quantitative estimate of drug-likeness (QED) is 0.755. The number of piperidine rings is 1. The van der Waals surface area contributed by atoms with E-state index in [1.54, 1.807) is 4.31 Å². The molecule has 2 fully saturated rings. The molecule has 0 aliphatic carbocycles. The zero-order chi connectivity index (χ0) is 13.2. The van der Waals surface area contributed by atoms with Crippen LogP contribution in [0, 0.1) is 0 Å². The highest BCUT2D eigenvalue weighted by Gasteiger charge is 2.39. The molecule has 2 unspecified atom stereocenters. The molecule has 2 aliphatic rings. The van der Waals surface area contributed by atoms with E-state index in [-0.39, 0.29) is 6.04 Å². The van der Waals surface area contributed by atoms with E-state index in [2.05, 4.69) is 10.0 Å². The summed E-state index contributed by atoms with van der Waals surface area (Å²) in [5.74, 6) is 0. The lowest BCUT2D eigenvalue weighted by Gasteiger charge is -2.36. The monoisotopic (exact) mass is 275 g/mol. The van der Waals surface area contributed by atoms with Gasteiger partial charge in [0.2, 0.25) is 0 Å². The summed E-state index contributed by atoms with van der Waals surface area (Å²) in [5, 5.41) is 3.56. The highest BCUT2D eigenvalue weighted by molar-refractivity contribution is 7.87. The predicted octanol–water partition coefficient (Wildman–Crippen LogP) is 0.836. The molecule has 0 amide bonds. The molecule has 2 N–H and O–H groups in total. The summed E-state index contributed by atoms with van der Waals surface area (Å²) < 4.78 is 28.8. The maximum Gasteiger partial charge on any atom is 0.279 e. The van der Waals surface area contributed by atoms with E-state index in [1.807, 2.05) is 13.8 Å². The Morgan fingerprint density at radius 3 is 2.33 bits per heavy atom. The third-order valence-electron chi connectivity index (χ3n) is 3.93. The molecule has 0 aromatic carbocycles. The van der Waals surface area contributed by atoms with Crippen molar-refractivity contribution in [1.82, 2.24) is 14.3 Å². The maximum absolute atomic E-state index is 12.2. The topological polar surface area (TPSA) is 61.4 Å². The van der Waals surface area contributed by atoms with Crippen LogP contribution in [0.4, 0.5) is 0 Å². The van der Waals surface area contributed by atoms with Crippen LogP contribution in [-0.4, -0.2) is 43.9 Å². The lowest BCUT2D eigenvalue weighted by atomic mass is 10.00. The van der Waals surface area contributed by atoms with Gasteiger partial charge in [0.1, 0.15) is 0 Å². The minimum atomic E-state index is -3.30. The van der Waals surface area contributed by atoms with E-state index in [0.717, 1.165) is 19.3 Å². The molecule has 18 heavy (non-hydrogen) atoms. The lowest BCUT2D eigenvalue weighted by Crippen LogP contribution is -2.53. The molecule has 0 aromatic heterocycles. The van der Waals surface area contributed by atoms with Crippen molar-refractivity contribution in [2.45, 2.75) is 64.1 Å². The minimum Gasteiger partial charge on any atom is -0.311 e. The first kappa shape index (κ1) is 14.2. The number of rotatable bonds is 6. The third-order valence-corrected chi connectivity index (χ3v) is 5.69. The average Bonchev–Trinajstić information content (AvgIpc) is 2.65. The minimum absolute atomic E-state index is 0.174. The van der Waals surface area contributed by atoms with Gasteiger partial charge in [-0.25, -0.2) is 4.72 Å². The Morgan fingerprint density at radius 2 is 1.83 bits per heavy atom. The van der Waals surface area contributed by atoms with Crippen LogP contribution in [0.2, 0.25) is 0 Å². The summed E-state index contributed by atoms with van der Waals surface area (Å²) in [6.07, 6.45) is 5.18. The van der Waals surface area contributed by atoms with Gasteiger partial charge in [0.15, 0.2) is 0 Å². The Labute approximate surface area is 110 Å². The third kappa shape index (κ3) is 3.04. The van der Waals surface area contributed by atoms with Gasteiger partial charge in [-0.05, 0) is 32.1 Å². The van der Waals surface area contributed by atoms with Crippen molar-refractivity contribution in [3.05, 3.63) is 0 Å². The van der Waals surface area contributed by atoms with E-state index in [0.29, 0.717) is 25.2 Å². The van der Waals surface area contributed by atoms with Crippen LogP contribution in [0.5, 0.6) is 0 Å². The first-order valence-corrected chi connectivity index (χ1v) is 8.53. The molecule has 0 aromatic rings. The summed E-state index contributed by atoms with van der Waals surface area (Å²) in [4.78, 5) is 0. The van der Waals surface area contributed by atoms with Gasteiger partial charge < -0.3 is 5.32 Å². The van der Waals surface area contributed by atoms with Crippen LogP contribution >= 0.6 is 0 Å². The Morgan fingerprint density at radius 1 is 1.22 bits per heavy atom. The Kier molecular flexibility index (Phi) is 4.64. The molecule has 0 spiro atoms. The van der Waals surface area contributed by atoms with Crippen LogP contribution < -0.4 is 10.0 Å². The van der Waals surface area contributed by atoms with Gasteiger partial charge in [-0.1, -0.05) is 13.8 Å². The fourth-order valence-corrected chi connectivity index (χ4v) is 4.77. The lowest BCUT2D eigenvalue weighted by molar-refractivity contribution is 0.224. The van der Waals surface area contributed by atoms with Crippen molar-refractivity contribution in [2.24, 2.45) is 0 Å². The largest absolute Gasteiger partial charge is 0.311 e. The van der Waals surface area contributed by atoms with E-state index in [9.17, 15) is 8.42 Å². The normalized spacial score (nSPS) is 32.1. The number of hydrogen-bond donors (Lipinski definition) is 2. The van der Waals surface area contributed by atoms with Crippen LogP contribution in [0.15, 0.2) is 0 Å². The van der Waals surface area contributed by atoms with Crippen molar-refractivity contribution in [2.75, 3.05) is 13.1 Å². The van der Waals surface area contributed by atoms with Crippen molar-refractivity contribution < 1.29 is 8.42 Å². The second kappa shape index (κ2) is 5.86. The van der Waals surface area contributed by atoms with E-state index < -0.39 is 10.2 Å². The highest BCUT2D eigenvalue weighted by Crippen LogP contribution is 2.30. The fraction of sp³-hybridized carbons (Fsp3) is 1.00. The van der Waals surface area contributed by atoms with Gasteiger partial charge in [0.25, 0.3) is 10.2 Å². The highest BCUT2D eigenvalue weighted by atomic mass is 32.2. The van der Waals surface area contributed by atoms with Gasteiger partial charge in [0.05, 0.1) is 0 Å². The Bertz CT molecular complexity index is 360. The molecule has 0 saturated carbocycles. The van der Waals surface area contributed by atoms with Gasteiger partial charge >= 0.3 is 0 Å². The molecule has 106 valence electrons. The number of fused-ring (bicyclic) bond motifs is 2. The number of hydrogen-bond acceptors (Lipinski definition) is 3. The summed E-state index contributed by atoms with van der Waals surface area (Å²) >= 11 is 0. The number of nitrogens with zero attached hydrogens (tertiary/aromatic N) is 1. The zero-order valence-electron chi connectivity index (χ0n) is 11.4. The van der Waals surface area contributed by atoms with Crippen molar-refractivity contribution >= 4 is 10.2 Å². The summed E-state index contributed by atoms with van der Waals surface area (Å²) in [6.45, 7) is 4.94. The van der Waals surface area contributed by atoms with Crippen molar-refractivity contribution in [3.63, 3.8) is 0 Å². The van der Waals surface area contributed by atoms with Crippen molar-refractivity contribution in [3.8, 4) is 0 Å². The molecule has 5 nitrogen and oxygen atoms in total. The maximum atomic E-state index is 12.2. The van der Waals surface area contributed by atoms with Crippen molar-refractivity contribution in [1.29, 1.82) is 0 Å². The fourth-order valence-electron chi connectivity index (χ4n) is 3.25. The second-order valence-corrected chi connectivity index (χ2v) is 7.08. The van der Waals surface area contributed by atoms with Gasteiger partial charge in [-0.15, -0.1) is 0 Å². The zero-order valence-corrected chi connectivity index (χ0v) is 12.2. The van der Waals surface area contributed by atoms with Gasteiger partial charge in [0, 0.05) is 31.2 Å². The predicted molar refractivity (Wildman–Crippen MR) is 72.6 cm³/mol. The molecule has 0 radical (unpaired) electrons. The summed E-state index contributed by atoms with van der Waals surface area (Å²) in [7, 11) is -3.30. The first-order chi connectivity index (χ1) is 8.56. The smallest absolute Gasteiger partial charge is 0.279 e. The summed E-state index contributed by atoms with van der Waals surface area (Å²) in [6, 6.07) is 1.21. The molecule has 2 heterocycles. The molecular weight excluding hydrogens is 250 g/mol. The van der Waals surface area contributed by atoms with E-state index in [4.69, 9.17) is 0 Å². The average molecular weight is 275 g/mol. The van der Waals surface area contributed by atoms with E-state index >= 15 is 0 Å². The second-order valence-electron chi connectivity index (χ2n) is 5.38. The van der Waals surface area contributed by atoms with Gasteiger partial charge in [-0.3, -0.25) is 0 Å². The van der Waals surface area contributed by atoms with Gasteiger partial charge in [-0.2, -0.15) is 12.7 Å². The first-order valence-electron chi connectivity index (χ1n) is 7.09. The summed E-state index contributed by atoms with van der Waals surface area (Å²) in [5.41, 5.74) is 0. The van der Waals surface area contributed by atoms with E-state index in [1.165, 1.54) is 12.8 Å². The van der Waals surface area contributed by atoms with Crippen LogP contribution in [0.1, 0.15) is 46.0 Å². The molecule has 2 saturated heterocycles. The molecular formula is C12H25N3O2S. The molecule has 6 heteroatoms. The Balaban J connectivity index is 2.10. The van der Waals surface area contributed by atoms with Crippen LogP contribution in [0.3, 0.4) is 0 Å². The molecule has 2 atom stereocenters. The number of nitrogens with one attached hydrogen (secondary N) is 2. The molecule has 2 aliphatic heterocycles. The van der Waals surface area contributed by atoms with Crippen LogP contribution in [-0.2, 0) is 10.2 Å². The molecule has 2 rings (SSSR count). The standard InChI is InChI=1S/C12H25N3O2S/c1-3-7-15(18(16,17)13-4-2)12-8-10-5-6-11(9-12)14-10/h10-14H,3-9H2,1-2H3. The Hall–Kier alpha value is -0.170. The SMILES string of the molecule is CCCN(C1CC2CCC(C1)N2)S(=O)(=O)NCC. The van der Waals surface area contributed by atoms with Crippen LogP contribution in [0.25, 0.3) is 0 Å². The molecule has 2 bridgehead atoms.